The number of amides is 1. The zero-order valence-corrected chi connectivity index (χ0v) is 12.8. The van der Waals surface area contributed by atoms with Gasteiger partial charge in [0.15, 0.2) is 0 Å². The van der Waals surface area contributed by atoms with Gasteiger partial charge in [-0.15, -0.1) is 0 Å². The maximum Gasteiger partial charge on any atom is 0.246 e. The summed E-state index contributed by atoms with van der Waals surface area (Å²) in [5.41, 5.74) is 11.2. The first-order chi connectivity index (χ1) is 10.6. The van der Waals surface area contributed by atoms with E-state index in [-0.39, 0.29) is 5.91 Å². The molecule has 1 heterocycles. The summed E-state index contributed by atoms with van der Waals surface area (Å²) in [6, 6.07) is 14.2. The second-order valence-corrected chi connectivity index (χ2v) is 5.73. The Morgan fingerprint density at radius 1 is 1.18 bits per heavy atom. The number of carbonyl (C=O) groups excluding carboxylic acids is 1. The quantitative estimate of drug-likeness (QED) is 0.682. The van der Waals surface area contributed by atoms with E-state index < -0.39 is 0 Å². The molecule has 2 N–H and O–H groups in total. The van der Waals surface area contributed by atoms with Crippen LogP contribution in [0, 0.1) is 6.92 Å². The van der Waals surface area contributed by atoms with Crippen LogP contribution in [0.5, 0.6) is 0 Å². The molecule has 112 valence electrons. The topological polar surface area (TPSA) is 46.3 Å². The molecule has 2 aromatic rings. The fraction of sp³-hybridized carbons (Fsp3) is 0.211. The Balaban J connectivity index is 1.70. The van der Waals surface area contributed by atoms with Gasteiger partial charge in [0.05, 0.1) is 0 Å². The van der Waals surface area contributed by atoms with Crippen molar-refractivity contribution >= 4 is 17.7 Å². The van der Waals surface area contributed by atoms with Gasteiger partial charge >= 0.3 is 0 Å². The molecule has 0 spiro atoms. The number of nitrogens with zero attached hydrogens (tertiary/aromatic N) is 1. The Morgan fingerprint density at radius 3 is 2.73 bits per heavy atom. The van der Waals surface area contributed by atoms with Crippen LogP contribution in [0.4, 0.5) is 5.69 Å². The van der Waals surface area contributed by atoms with E-state index in [0.29, 0.717) is 6.54 Å². The zero-order valence-electron chi connectivity index (χ0n) is 12.8. The average Bonchev–Trinajstić information content (AvgIpc) is 2.55. The van der Waals surface area contributed by atoms with E-state index in [0.717, 1.165) is 29.8 Å². The second kappa shape index (κ2) is 6.06. The van der Waals surface area contributed by atoms with Crippen molar-refractivity contribution in [1.29, 1.82) is 0 Å². The molecule has 3 nitrogen and oxygen atoms in total. The fourth-order valence-electron chi connectivity index (χ4n) is 2.72. The number of rotatable bonds is 2. The molecule has 0 aromatic heterocycles. The molecule has 0 atom stereocenters. The Morgan fingerprint density at radius 2 is 1.95 bits per heavy atom. The largest absolute Gasteiger partial charge is 0.398 e. The maximum atomic E-state index is 12.3. The predicted molar refractivity (Wildman–Crippen MR) is 90.2 cm³/mol. The summed E-state index contributed by atoms with van der Waals surface area (Å²) < 4.78 is 0. The molecule has 0 radical (unpaired) electrons. The standard InChI is InChI=1S/C19H20N2O/c1-14-6-7-15(12-18(14)20)8-9-19(22)21-11-10-16-4-2-3-5-17(16)13-21/h2-9,12H,10-11,13,20H2,1H3/b9-8+. The summed E-state index contributed by atoms with van der Waals surface area (Å²) >= 11 is 0. The second-order valence-electron chi connectivity index (χ2n) is 5.73. The molecule has 22 heavy (non-hydrogen) atoms. The van der Waals surface area contributed by atoms with E-state index in [9.17, 15) is 4.79 Å². The van der Waals surface area contributed by atoms with Gasteiger partial charge in [-0.25, -0.2) is 0 Å². The van der Waals surface area contributed by atoms with Crippen LogP contribution in [0.25, 0.3) is 6.08 Å². The van der Waals surface area contributed by atoms with Crippen molar-refractivity contribution in [3.63, 3.8) is 0 Å². The van der Waals surface area contributed by atoms with Crippen LogP contribution < -0.4 is 5.73 Å². The molecule has 3 heteroatoms. The molecule has 0 saturated carbocycles. The van der Waals surface area contributed by atoms with Gasteiger partial charge in [0.1, 0.15) is 0 Å². The highest BCUT2D eigenvalue weighted by Gasteiger charge is 2.18. The van der Waals surface area contributed by atoms with Gasteiger partial charge in [-0.2, -0.15) is 0 Å². The van der Waals surface area contributed by atoms with Crippen LogP contribution in [-0.4, -0.2) is 17.4 Å². The first kappa shape index (κ1) is 14.4. The number of hydrogen-bond donors (Lipinski definition) is 1. The Labute approximate surface area is 131 Å². The van der Waals surface area contributed by atoms with Gasteiger partial charge in [-0.3, -0.25) is 4.79 Å². The first-order valence-corrected chi connectivity index (χ1v) is 7.53. The summed E-state index contributed by atoms with van der Waals surface area (Å²) in [6.07, 6.45) is 4.39. The highest BCUT2D eigenvalue weighted by Crippen LogP contribution is 2.19. The highest BCUT2D eigenvalue weighted by atomic mass is 16.2. The summed E-state index contributed by atoms with van der Waals surface area (Å²) in [4.78, 5) is 14.2. The Bertz CT molecular complexity index is 734. The lowest BCUT2D eigenvalue weighted by Crippen LogP contribution is -2.34. The first-order valence-electron chi connectivity index (χ1n) is 7.53. The summed E-state index contributed by atoms with van der Waals surface area (Å²) in [7, 11) is 0. The molecule has 2 aromatic carbocycles. The number of fused-ring (bicyclic) bond motifs is 1. The van der Waals surface area contributed by atoms with Crippen molar-refractivity contribution < 1.29 is 4.79 Å². The Kier molecular flexibility index (Phi) is 3.96. The Hall–Kier alpha value is -2.55. The van der Waals surface area contributed by atoms with E-state index in [1.807, 2.05) is 42.2 Å². The number of carbonyl (C=O) groups is 1. The van der Waals surface area contributed by atoms with Crippen LogP contribution in [0.15, 0.2) is 48.5 Å². The van der Waals surface area contributed by atoms with Crippen molar-refractivity contribution in [3.8, 4) is 0 Å². The lowest BCUT2D eigenvalue weighted by atomic mass is 10.00. The van der Waals surface area contributed by atoms with Crippen molar-refractivity contribution in [1.82, 2.24) is 4.90 Å². The number of anilines is 1. The summed E-state index contributed by atoms with van der Waals surface area (Å²) in [6.45, 7) is 3.44. The predicted octanol–water partition coefficient (Wildman–Crippen LogP) is 3.18. The van der Waals surface area contributed by atoms with Gasteiger partial charge in [0.25, 0.3) is 0 Å². The fourth-order valence-corrected chi connectivity index (χ4v) is 2.72. The smallest absolute Gasteiger partial charge is 0.246 e. The minimum Gasteiger partial charge on any atom is -0.398 e. The van der Waals surface area contributed by atoms with E-state index in [2.05, 4.69) is 18.2 Å². The zero-order chi connectivity index (χ0) is 15.5. The average molecular weight is 292 g/mol. The summed E-state index contributed by atoms with van der Waals surface area (Å²) in [5.74, 6) is 0.0497. The lowest BCUT2D eigenvalue weighted by molar-refractivity contribution is -0.126. The minimum absolute atomic E-state index is 0.0497. The van der Waals surface area contributed by atoms with Gasteiger partial charge < -0.3 is 10.6 Å². The number of nitrogen functional groups attached to an aromatic ring is 1. The third-order valence-corrected chi connectivity index (χ3v) is 4.16. The number of aryl methyl sites for hydroxylation is 1. The number of hydrogen-bond acceptors (Lipinski definition) is 2. The third-order valence-electron chi connectivity index (χ3n) is 4.16. The van der Waals surface area contributed by atoms with E-state index in [1.165, 1.54) is 11.1 Å². The van der Waals surface area contributed by atoms with Crippen LogP contribution in [0.3, 0.4) is 0 Å². The lowest BCUT2D eigenvalue weighted by Gasteiger charge is -2.27. The van der Waals surface area contributed by atoms with E-state index in [4.69, 9.17) is 5.73 Å². The van der Waals surface area contributed by atoms with Gasteiger partial charge in [0.2, 0.25) is 5.91 Å². The molecule has 0 unspecified atom stereocenters. The normalized spacial score (nSPS) is 14.1. The van der Waals surface area contributed by atoms with Crippen LogP contribution >= 0.6 is 0 Å². The van der Waals surface area contributed by atoms with Crippen LogP contribution in [0.2, 0.25) is 0 Å². The number of nitrogens with two attached hydrogens (primary N) is 1. The highest BCUT2D eigenvalue weighted by molar-refractivity contribution is 5.92. The molecule has 1 aliphatic rings. The van der Waals surface area contributed by atoms with E-state index >= 15 is 0 Å². The van der Waals surface area contributed by atoms with E-state index in [1.54, 1.807) is 6.08 Å². The molecular weight excluding hydrogens is 272 g/mol. The molecule has 1 amide bonds. The molecule has 1 aliphatic heterocycles. The molecule has 0 bridgehead atoms. The van der Waals surface area contributed by atoms with Gasteiger partial charge in [-0.05, 0) is 47.7 Å². The van der Waals surface area contributed by atoms with Crippen LogP contribution in [0.1, 0.15) is 22.3 Å². The summed E-state index contributed by atoms with van der Waals surface area (Å²) in [5, 5.41) is 0. The monoisotopic (exact) mass is 292 g/mol. The van der Waals surface area contributed by atoms with Crippen molar-refractivity contribution in [2.24, 2.45) is 0 Å². The molecule has 3 rings (SSSR count). The SMILES string of the molecule is Cc1ccc(/C=C/C(=O)N2CCc3ccccc3C2)cc1N. The minimum atomic E-state index is 0.0497. The molecule has 0 saturated heterocycles. The molecule has 0 fully saturated rings. The van der Waals surface area contributed by atoms with Gasteiger partial charge in [-0.1, -0.05) is 36.4 Å². The van der Waals surface area contributed by atoms with Crippen molar-refractivity contribution in [2.75, 3.05) is 12.3 Å². The van der Waals surface area contributed by atoms with Crippen molar-refractivity contribution in [2.45, 2.75) is 19.9 Å². The number of benzene rings is 2. The third kappa shape index (κ3) is 3.03. The molecule has 0 aliphatic carbocycles. The van der Waals surface area contributed by atoms with Crippen LogP contribution in [-0.2, 0) is 17.8 Å². The maximum absolute atomic E-state index is 12.3. The van der Waals surface area contributed by atoms with Gasteiger partial charge in [0, 0.05) is 24.9 Å². The van der Waals surface area contributed by atoms with Crippen molar-refractivity contribution in [3.05, 3.63) is 70.8 Å². The molecular formula is C19H20N2O.